The Labute approximate surface area is 184 Å². The Balaban J connectivity index is 1.48. The van der Waals surface area contributed by atoms with Gasteiger partial charge < -0.3 is 0 Å². The van der Waals surface area contributed by atoms with Gasteiger partial charge in [0.1, 0.15) is 0 Å². The summed E-state index contributed by atoms with van der Waals surface area (Å²) in [5.74, 6) is -0.415. The fourth-order valence-corrected chi connectivity index (χ4v) is 5.01. The highest BCUT2D eigenvalue weighted by atomic mass is 32.2. The number of halogens is 3. The predicted octanol–water partition coefficient (Wildman–Crippen LogP) is 4.70. The van der Waals surface area contributed by atoms with Gasteiger partial charge in [0.25, 0.3) is 0 Å². The van der Waals surface area contributed by atoms with Gasteiger partial charge in [0.15, 0.2) is 0 Å². The fourth-order valence-electron chi connectivity index (χ4n) is 3.91. The van der Waals surface area contributed by atoms with E-state index in [1.54, 1.807) is 6.20 Å². The van der Waals surface area contributed by atoms with E-state index in [2.05, 4.69) is 14.8 Å². The first-order valence-corrected chi connectivity index (χ1v) is 12.0. The van der Waals surface area contributed by atoms with Crippen LogP contribution in [0.2, 0.25) is 0 Å². The van der Waals surface area contributed by atoms with E-state index in [-0.39, 0.29) is 18.2 Å². The smallest absolute Gasteiger partial charge is 0.260 e. The Morgan fingerprint density at radius 3 is 2.41 bits per heavy atom. The van der Waals surface area contributed by atoms with Crippen molar-refractivity contribution in [2.75, 3.05) is 0 Å². The van der Waals surface area contributed by atoms with E-state index in [0.29, 0.717) is 5.69 Å². The van der Waals surface area contributed by atoms with Crippen molar-refractivity contribution < 1.29 is 21.6 Å². The minimum absolute atomic E-state index is 0.0114. The van der Waals surface area contributed by atoms with Crippen molar-refractivity contribution in [2.24, 2.45) is 0 Å². The molecule has 1 aromatic carbocycles. The molecular weight excluding hydrogens is 441 g/mol. The van der Waals surface area contributed by atoms with Crippen LogP contribution >= 0.6 is 0 Å². The SMILES string of the molecule is O=S(=O)(Cc1ccc(C(F)(F)F)cc1)NCc1cc(-c2ccccn2)n(C2CCCC2)n1. The minimum Gasteiger partial charge on any atom is -0.260 e. The highest BCUT2D eigenvalue weighted by Gasteiger charge is 2.30. The summed E-state index contributed by atoms with van der Waals surface area (Å²) in [7, 11) is -3.76. The highest BCUT2D eigenvalue weighted by Crippen LogP contribution is 2.33. The van der Waals surface area contributed by atoms with Crippen LogP contribution in [0.5, 0.6) is 0 Å². The molecular formula is C22H23F3N4O2S. The summed E-state index contributed by atoms with van der Waals surface area (Å²) < 4.78 is 67.5. The Hall–Kier alpha value is -2.72. The summed E-state index contributed by atoms with van der Waals surface area (Å²) in [5, 5.41) is 4.64. The van der Waals surface area contributed by atoms with Crippen LogP contribution in [0.15, 0.2) is 54.7 Å². The lowest BCUT2D eigenvalue weighted by atomic mass is 10.1. The van der Waals surface area contributed by atoms with E-state index in [9.17, 15) is 21.6 Å². The molecule has 1 saturated carbocycles. The summed E-state index contributed by atoms with van der Waals surface area (Å²) >= 11 is 0. The first kappa shape index (κ1) is 22.5. The molecule has 2 heterocycles. The molecule has 0 bridgehead atoms. The van der Waals surface area contributed by atoms with Gasteiger partial charge >= 0.3 is 6.18 Å². The van der Waals surface area contributed by atoms with Crippen LogP contribution in [0.1, 0.15) is 48.5 Å². The van der Waals surface area contributed by atoms with E-state index in [0.717, 1.165) is 49.2 Å². The molecule has 0 spiro atoms. The molecule has 0 radical (unpaired) electrons. The van der Waals surface area contributed by atoms with Crippen molar-refractivity contribution in [3.05, 3.63) is 71.5 Å². The van der Waals surface area contributed by atoms with Crippen LogP contribution in [0, 0.1) is 0 Å². The second-order valence-electron chi connectivity index (χ2n) is 7.89. The number of sulfonamides is 1. The lowest BCUT2D eigenvalue weighted by Gasteiger charge is -2.13. The molecule has 170 valence electrons. The molecule has 2 aromatic heterocycles. The standard InChI is InChI=1S/C22H23F3N4O2S/c23-22(24,25)17-10-8-16(9-11-17)15-32(30,31)27-14-18-13-21(20-7-3-4-12-26-20)29(28-18)19-5-1-2-6-19/h3-4,7-13,19,27H,1-2,5-6,14-15H2. The zero-order valence-corrected chi connectivity index (χ0v) is 18.0. The molecule has 1 N–H and O–H groups in total. The van der Waals surface area contributed by atoms with Crippen molar-refractivity contribution in [3.63, 3.8) is 0 Å². The number of hydrogen-bond donors (Lipinski definition) is 1. The van der Waals surface area contributed by atoms with Gasteiger partial charge in [-0.05, 0) is 48.7 Å². The quantitative estimate of drug-likeness (QED) is 0.550. The molecule has 0 atom stereocenters. The third kappa shape index (κ3) is 5.36. The van der Waals surface area contributed by atoms with Crippen molar-refractivity contribution in [1.82, 2.24) is 19.5 Å². The van der Waals surface area contributed by atoms with Crippen molar-refractivity contribution in [2.45, 2.75) is 50.2 Å². The zero-order valence-electron chi connectivity index (χ0n) is 17.2. The lowest BCUT2D eigenvalue weighted by molar-refractivity contribution is -0.137. The van der Waals surface area contributed by atoms with Crippen LogP contribution < -0.4 is 4.72 Å². The normalized spacial score (nSPS) is 15.3. The fraction of sp³-hybridized carbons (Fsp3) is 0.364. The molecule has 6 nitrogen and oxygen atoms in total. The Bertz CT molecular complexity index is 1150. The Morgan fingerprint density at radius 1 is 1.06 bits per heavy atom. The first-order valence-electron chi connectivity index (χ1n) is 10.3. The molecule has 3 aromatic rings. The molecule has 4 rings (SSSR count). The highest BCUT2D eigenvalue weighted by molar-refractivity contribution is 7.88. The second kappa shape index (κ2) is 9.03. The Morgan fingerprint density at radius 2 is 1.78 bits per heavy atom. The maximum atomic E-state index is 12.7. The van der Waals surface area contributed by atoms with Crippen molar-refractivity contribution in [1.29, 1.82) is 0 Å². The summed E-state index contributed by atoms with van der Waals surface area (Å²) in [6.07, 6.45) is 1.52. The van der Waals surface area contributed by atoms with Crippen molar-refractivity contribution in [3.8, 4) is 11.4 Å². The summed E-state index contributed by atoms with van der Waals surface area (Å²) in [5.41, 5.74) is 1.64. The van der Waals surface area contributed by atoms with Crippen LogP contribution in [0.4, 0.5) is 13.2 Å². The van der Waals surface area contributed by atoms with Crippen LogP contribution in [-0.4, -0.2) is 23.2 Å². The number of benzene rings is 1. The van der Waals surface area contributed by atoms with Crippen LogP contribution in [0.3, 0.4) is 0 Å². The zero-order chi connectivity index (χ0) is 22.8. The average molecular weight is 465 g/mol. The maximum absolute atomic E-state index is 12.7. The summed E-state index contributed by atoms with van der Waals surface area (Å²) in [6.45, 7) is -0.0114. The van der Waals surface area contributed by atoms with E-state index in [4.69, 9.17) is 0 Å². The molecule has 0 aliphatic heterocycles. The van der Waals surface area contributed by atoms with Crippen LogP contribution in [0.25, 0.3) is 11.4 Å². The summed E-state index contributed by atoms with van der Waals surface area (Å²) in [6, 6.07) is 11.8. The predicted molar refractivity (Wildman–Crippen MR) is 114 cm³/mol. The molecule has 0 unspecified atom stereocenters. The number of aromatic nitrogens is 3. The number of nitrogens with one attached hydrogen (secondary N) is 1. The first-order chi connectivity index (χ1) is 15.2. The molecule has 1 aliphatic rings. The number of nitrogens with zero attached hydrogens (tertiary/aromatic N) is 3. The van der Waals surface area contributed by atoms with Gasteiger partial charge in [0.2, 0.25) is 10.0 Å². The van der Waals surface area contributed by atoms with Gasteiger partial charge in [-0.15, -0.1) is 0 Å². The minimum atomic E-state index is -4.46. The van der Waals surface area contributed by atoms with E-state index >= 15 is 0 Å². The van der Waals surface area contributed by atoms with Gasteiger partial charge in [-0.2, -0.15) is 18.3 Å². The topological polar surface area (TPSA) is 76.9 Å². The van der Waals surface area contributed by atoms with E-state index in [1.165, 1.54) is 12.1 Å². The van der Waals surface area contributed by atoms with Crippen LogP contribution in [-0.2, 0) is 28.5 Å². The number of hydrogen-bond acceptors (Lipinski definition) is 4. The lowest BCUT2D eigenvalue weighted by Crippen LogP contribution is -2.25. The largest absolute Gasteiger partial charge is 0.416 e. The third-order valence-electron chi connectivity index (χ3n) is 5.50. The summed E-state index contributed by atoms with van der Waals surface area (Å²) in [4.78, 5) is 4.40. The van der Waals surface area contributed by atoms with E-state index in [1.807, 2.05) is 28.9 Å². The molecule has 1 aliphatic carbocycles. The van der Waals surface area contributed by atoms with Gasteiger partial charge in [0.05, 0.1) is 41.0 Å². The molecule has 0 amide bonds. The van der Waals surface area contributed by atoms with Crippen molar-refractivity contribution >= 4 is 10.0 Å². The number of rotatable bonds is 7. The maximum Gasteiger partial charge on any atom is 0.416 e. The number of pyridine rings is 1. The average Bonchev–Trinajstić information content (AvgIpc) is 3.42. The number of alkyl halides is 3. The Kier molecular flexibility index (Phi) is 6.34. The van der Waals surface area contributed by atoms with Gasteiger partial charge in [-0.3, -0.25) is 9.67 Å². The van der Waals surface area contributed by atoms with Gasteiger partial charge in [0, 0.05) is 6.20 Å². The molecule has 0 saturated heterocycles. The monoisotopic (exact) mass is 464 g/mol. The van der Waals surface area contributed by atoms with E-state index < -0.39 is 27.5 Å². The molecule has 32 heavy (non-hydrogen) atoms. The molecule has 10 heteroatoms. The molecule has 1 fully saturated rings. The third-order valence-corrected chi connectivity index (χ3v) is 6.79. The second-order valence-corrected chi connectivity index (χ2v) is 9.70. The van der Waals surface area contributed by atoms with Gasteiger partial charge in [-0.25, -0.2) is 13.1 Å². The van der Waals surface area contributed by atoms with Gasteiger partial charge in [-0.1, -0.05) is 31.0 Å².